The fourth-order valence-corrected chi connectivity index (χ4v) is 3.51. The highest BCUT2D eigenvalue weighted by atomic mass is 127. The van der Waals surface area contributed by atoms with Gasteiger partial charge in [-0.25, -0.2) is 9.98 Å². The Hall–Kier alpha value is -1.97. The second-order valence-electron chi connectivity index (χ2n) is 8.93. The van der Waals surface area contributed by atoms with Crippen molar-refractivity contribution in [3.05, 3.63) is 41.6 Å². The molecule has 0 atom stereocenters. The van der Waals surface area contributed by atoms with E-state index < -0.39 is 0 Å². The highest BCUT2D eigenvalue weighted by Gasteiger charge is 2.20. The van der Waals surface area contributed by atoms with Crippen LogP contribution < -0.4 is 20.1 Å². The van der Waals surface area contributed by atoms with Crippen LogP contribution >= 0.6 is 24.0 Å². The quantitative estimate of drug-likeness (QED) is 0.265. The molecule has 3 rings (SSSR count). The van der Waals surface area contributed by atoms with Gasteiger partial charge in [-0.1, -0.05) is 26.8 Å². The van der Waals surface area contributed by atoms with Crippen LogP contribution in [-0.4, -0.2) is 30.7 Å². The lowest BCUT2D eigenvalue weighted by molar-refractivity contribution is 0.200. The van der Waals surface area contributed by atoms with E-state index in [1.807, 2.05) is 25.1 Å². The number of methoxy groups -OCH3 is 1. The standard InChI is InChI=1S/C24H36N4O3.HI/c1-6-25-23(28-16-22-26-15-21(31-22)24(2,3)4)27-14-17-11-12-19(29-5)20(13-17)30-18-9-7-8-10-18;/h11-13,15,18H,6-10,14,16H2,1-5H3,(H2,25,27,28);1H. The third-order valence-corrected chi connectivity index (χ3v) is 5.29. The van der Waals surface area contributed by atoms with E-state index in [-0.39, 0.29) is 35.5 Å². The first-order valence-electron chi connectivity index (χ1n) is 11.2. The summed E-state index contributed by atoms with van der Waals surface area (Å²) in [6.45, 7) is 10.1. The molecule has 1 saturated carbocycles. The number of halogens is 1. The Bertz CT molecular complexity index is 870. The van der Waals surface area contributed by atoms with Crippen LogP contribution in [-0.2, 0) is 18.5 Å². The summed E-state index contributed by atoms with van der Waals surface area (Å²) in [7, 11) is 1.68. The SMILES string of the molecule is CCNC(=NCc1ccc(OC)c(OC2CCCC2)c1)NCc1ncc(C(C)(C)C)o1.I. The van der Waals surface area contributed by atoms with Crippen molar-refractivity contribution in [1.29, 1.82) is 0 Å². The molecular formula is C24H37IN4O3. The molecule has 2 aromatic rings. The van der Waals surface area contributed by atoms with Crippen molar-refractivity contribution < 1.29 is 13.9 Å². The van der Waals surface area contributed by atoms with Gasteiger partial charge in [0.1, 0.15) is 5.76 Å². The minimum absolute atomic E-state index is 0. The van der Waals surface area contributed by atoms with Gasteiger partial charge in [-0.3, -0.25) is 0 Å². The van der Waals surface area contributed by atoms with Crippen molar-refractivity contribution in [2.75, 3.05) is 13.7 Å². The van der Waals surface area contributed by atoms with Crippen LogP contribution in [0.4, 0.5) is 0 Å². The molecular weight excluding hydrogens is 519 g/mol. The van der Waals surface area contributed by atoms with E-state index in [1.54, 1.807) is 13.3 Å². The van der Waals surface area contributed by atoms with E-state index in [1.165, 1.54) is 12.8 Å². The van der Waals surface area contributed by atoms with Crippen molar-refractivity contribution in [3.63, 3.8) is 0 Å². The summed E-state index contributed by atoms with van der Waals surface area (Å²) < 4.78 is 17.5. The van der Waals surface area contributed by atoms with Crippen LogP contribution in [0.5, 0.6) is 11.5 Å². The minimum atomic E-state index is -0.0590. The summed E-state index contributed by atoms with van der Waals surface area (Å²) in [5.74, 6) is 3.80. The number of benzene rings is 1. The van der Waals surface area contributed by atoms with Crippen molar-refractivity contribution in [1.82, 2.24) is 15.6 Å². The van der Waals surface area contributed by atoms with Gasteiger partial charge in [-0.2, -0.15) is 0 Å². The Morgan fingerprint density at radius 1 is 1.19 bits per heavy atom. The van der Waals surface area contributed by atoms with Crippen molar-refractivity contribution >= 4 is 29.9 Å². The Labute approximate surface area is 208 Å². The lowest BCUT2D eigenvalue weighted by Gasteiger charge is -2.17. The largest absolute Gasteiger partial charge is 0.493 e. The highest BCUT2D eigenvalue weighted by molar-refractivity contribution is 14.0. The molecule has 8 heteroatoms. The van der Waals surface area contributed by atoms with E-state index in [0.717, 1.165) is 42.2 Å². The summed E-state index contributed by atoms with van der Waals surface area (Å²) in [4.78, 5) is 9.08. The van der Waals surface area contributed by atoms with Crippen molar-refractivity contribution in [3.8, 4) is 11.5 Å². The van der Waals surface area contributed by atoms with Gasteiger partial charge in [-0.05, 0) is 50.3 Å². The maximum absolute atomic E-state index is 6.20. The summed E-state index contributed by atoms with van der Waals surface area (Å²) in [6.07, 6.45) is 6.76. The number of guanidine groups is 1. The molecule has 7 nitrogen and oxygen atoms in total. The molecule has 2 N–H and O–H groups in total. The van der Waals surface area contributed by atoms with Crippen LogP contribution in [0.1, 0.15) is 70.6 Å². The minimum Gasteiger partial charge on any atom is -0.493 e. The molecule has 0 amide bonds. The Morgan fingerprint density at radius 2 is 1.94 bits per heavy atom. The average molecular weight is 556 g/mol. The molecule has 178 valence electrons. The number of aromatic nitrogens is 1. The van der Waals surface area contributed by atoms with Crippen molar-refractivity contribution in [2.24, 2.45) is 4.99 Å². The zero-order valence-corrected chi connectivity index (χ0v) is 22.2. The van der Waals surface area contributed by atoms with Gasteiger partial charge in [-0.15, -0.1) is 24.0 Å². The Balaban J connectivity index is 0.00000363. The fourth-order valence-electron chi connectivity index (χ4n) is 3.51. The molecule has 0 radical (unpaired) electrons. The lowest BCUT2D eigenvalue weighted by Crippen LogP contribution is -2.36. The molecule has 1 aromatic heterocycles. The van der Waals surface area contributed by atoms with E-state index in [2.05, 4.69) is 36.4 Å². The van der Waals surface area contributed by atoms with Gasteiger partial charge in [0.2, 0.25) is 5.89 Å². The first-order valence-corrected chi connectivity index (χ1v) is 11.2. The van der Waals surface area contributed by atoms with Crippen LogP contribution in [0.25, 0.3) is 0 Å². The molecule has 0 saturated heterocycles. The molecule has 1 fully saturated rings. The van der Waals surface area contributed by atoms with Crippen LogP contribution in [0.3, 0.4) is 0 Å². The third-order valence-electron chi connectivity index (χ3n) is 5.29. The fraction of sp³-hybridized carbons (Fsp3) is 0.583. The molecule has 1 heterocycles. The van der Waals surface area contributed by atoms with E-state index in [4.69, 9.17) is 18.9 Å². The molecule has 0 aliphatic heterocycles. The number of aliphatic imine (C=N–C) groups is 1. The highest BCUT2D eigenvalue weighted by Crippen LogP contribution is 2.32. The Morgan fingerprint density at radius 3 is 2.56 bits per heavy atom. The van der Waals surface area contributed by atoms with Crippen LogP contribution in [0.15, 0.2) is 33.8 Å². The van der Waals surface area contributed by atoms with Gasteiger partial charge in [0, 0.05) is 12.0 Å². The normalized spacial score (nSPS) is 14.7. The second kappa shape index (κ2) is 12.3. The Kier molecular flexibility index (Phi) is 10.1. The van der Waals surface area contributed by atoms with Gasteiger partial charge in [0.15, 0.2) is 17.5 Å². The number of ether oxygens (including phenoxy) is 2. The van der Waals surface area contributed by atoms with Gasteiger partial charge in [0.05, 0.1) is 32.5 Å². The number of nitrogens with zero attached hydrogens (tertiary/aromatic N) is 2. The molecule has 1 aromatic carbocycles. The number of hydrogen-bond donors (Lipinski definition) is 2. The number of nitrogens with one attached hydrogen (secondary N) is 2. The van der Waals surface area contributed by atoms with Crippen LogP contribution in [0, 0.1) is 0 Å². The smallest absolute Gasteiger partial charge is 0.213 e. The number of rotatable bonds is 8. The van der Waals surface area contributed by atoms with Crippen molar-refractivity contribution in [2.45, 2.75) is 78.0 Å². The number of oxazole rings is 1. The molecule has 0 spiro atoms. The zero-order chi connectivity index (χ0) is 22.3. The predicted octanol–water partition coefficient (Wildman–Crippen LogP) is 5.18. The van der Waals surface area contributed by atoms with E-state index in [9.17, 15) is 0 Å². The first-order chi connectivity index (χ1) is 14.9. The monoisotopic (exact) mass is 556 g/mol. The molecule has 1 aliphatic rings. The summed E-state index contributed by atoms with van der Waals surface area (Å²) in [5.41, 5.74) is 1.01. The maximum atomic E-state index is 6.20. The maximum Gasteiger partial charge on any atom is 0.213 e. The second-order valence-corrected chi connectivity index (χ2v) is 8.93. The van der Waals surface area contributed by atoms with E-state index in [0.29, 0.717) is 24.9 Å². The van der Waals surface area contributed by atoms with Crippen LogP contribution in [0.2, 0.25) is 0 Å². The van der Waals surface area contributed by atoms with Gasteiger partial charge in [0.25, 0.3) is 0 Å². The van der Waals surface area contributed by atoms with Gasteiger partial charge >= 0.3 is 0 Å². The van der Waals surface area contributed by atoms with Gasteiger partial charge < -0.3 is 24.5 Å². The third kappa shape index (κ3) is 7.56. The summed E-state index contributed by atoms with van der Waals surface area (Å²) in [6, 6.07) is 6.02. The number of hydrogen-bond acceptors (Lipinski definition) is 5. The average Bonchev–Trinajstić information content (AvgIpc) is 3.42. The molecule has 32 heavy (non-hydrogen) atoms. The topological polar surface area (TPSA) is 80.9 Å². The summed E-state index contributed by atoms with van der Waals surface area (Å²) >= 11 is 0. The summed E-state index contributed by atoms with van der Waals surface area (Å²) in [5, 5.41) is 6.56. The van der Waals surface area contributed by atoms with E-state index >= 15 is 0 Å². The molecule has 0 unspecified atom stereocenters. The molecule has 0 bridgehead atoms. The molecule has 1 aliphatic carbocycles. The first kappa shape index (κ1) is 26.3. The lowest BCUT2D eigenvalue weighted by atomic mass is 9.94. The predicted molar refractivity (Wildman–Crippen MR) is 138 cm³/mol. The zero-order valence-electron chi connectivity index (χ0n) is 19.9.